The normalized spacial score (nSPS) is 25.4. The SMILES string of the molecule is COC1=CC(=O)[C@]2(C(O)c3ccccc3)C[C@H](O[Si](C(C)C)(C(C)C)C(C)C)[C@@H](c3ccc(OC)c(OC)c3)[C@H]1C2(OC)OC. The lowest BCUT2D eigenvalue weighted by Gasteiger charge is -2.62. The van der Waals surface area contributed by atoms with E-state index in [-0.39, 0.29) is 28.8 Å². The summed E-state index contributed by atoms with van der Waals surface area (Å²) in [7, 11) is 5.32. The number of carbonyl (C=O) groups excluding carboxylic acids is 1. The minimum absolute atomic E-state index is 0.160. The van der Waals surface area contributed by atoms with E-state index in [4.69, 9.17) is 28.1 Å². The van der Waals surface area contributed by atoms with Crippen molar-refractivity contribution >= 4 is 14.1 Å². The van der Waals surface area contributed by atoms with E-state index in [0.29, 0.717) is 22.8 Å². The molecule has 9 heteroatoms. The highest BCUT2D eigenvalue weighted by Crippen LogP contribution is 2.66. The second kappa shape index (κ2) is 13.6. The molecule has 0 radical (unpaired) electrons. The average Bonchev–Trinajstić information content (AvgIpc) is 3.03. The lowest BCUT2D eigenvalue weighted by atomic mass is 9.50. The van der Waals surface area contributed by atoms with Gasteiger partial charge in [0, 0.05) is 26.2 Å². The van der Waals surface area contributed by atoms with Gasteiger partial charge in [0.1, 0.15) is 11.2 Å². The number of benzene rings is 2. The molecular formula is C36H52O8Si. The number of carbonyl (C=O) groups is 1. The summed E-state index contributed by atoms with van der Waals surface area (Å²) >= 11 is 0. The molecule has 1 fully saturated rings. The molecule has 2 aromatic carbocycles. The van der Waals surface area contributed by atoms with Crippen LogP contribution in [0.5, 0.6) is 11.5 Å². The number of aliphatic hydroxyl groups is 1. The number of fused-ring (bicyclic) bond motifs is 2. The van der Waals surface area contributed by atoms with E-state index in [1.165, 1.54) is 20.3 Å². The van der Waals surface area contributed by atoms with Gasteiger partial charge in [-0.3, -0.25) is 4.79 Å². The summed E-state index contributed by atoms with van der Waals surface area (Å²) in [4.78, 5) is 14.6. The van der Waals surface area contributed by atoms with Crippen molar-refractivity contribution in [2.75, 3.05) is 35.5 Å². The van der Waals surface area contributed by atoms with Crippen molar-refractivity contribution in [3.05, 3.63) is 71.5 Å². The van der Waals surface area contributed by atoms with Gasteiger partial charge in [-0.2, -0.15) is 0 Å². The number of hydrogen-bond acceptors (Lipinski definition) is 8. The summed E-state index contributed by atoms with van der Waals surface area (Å²) in [6.45, 7) is 13.5. The smallest absolute Gasteiger partial charge is 0.200 e. The summed E-state index contributed by atoms with van der Waals surface area (Å²) in [6, 6.07) is 15.1. The molecule has 0 aliphatic heterocycles. The molecule has 1 unspecified atom stereocenters. The first-order valence-corrected chi connectivity index (χ1v) is 18.0. The van der Waals surface area contributed by atoms with Crippen molar-refractivity contribution in [1.29, 1.82) is 0 Å². The molecule has 2 aliphatic rings. The summed E-state index contributed by atoms with van der Waals surface area (Å²) in [5.41, 5.74) is 0.795. The highest BCUT2D eigenvalue weighted by molar-refractivity contribution is 6.77. The van der Waals surface area contributed by atoms with Gasteiger partial charge in [-0.25, -0.2) is 0 Å². The second-order valence-corrected chi connectivity index (χ2v) is 18.7. The van der Waals surface area contributed by atoms with Crippen LogP contribution in [0.25, 0.3) is 0 Å². The number of ether oxygens (including phenoxy) is 5. The van der Waals surface area contributed by atoms with Crippen molar-refractivity contribution in [2.45, 2.75) is 88.5 Å². The van der Waals surface area contributed by atoms with Gasteiger partial charge in [0.15, 0.2) is 23.1 Å². The van der Waals surface area contributed by atoms with Crippen LogP contribution in [0.3, 0.4) is 0 Å². The monoisotopic (exact) mass is 640 g/mol. The molecule has 2 aliphatic carbocycles. The fourth-order valence-electron chi connectivity index (χ4n) is 8.80. The van der Waals surface area contributed by atoms with Crippen molar-refractivity contribution in [3.63, 3.8) is 0 Å². The molecule has 0 aromatic heterocycles. The predicted molar refractivity (Wildman–Crippen MR) is 177 cm³/mol. The van der Waals surface area contributed by atoms with Crippen LogP contribution in [0.1, 0.15) is 71.1 Å². The molecule has 2 aromatic rings. The molecule has 8 nitrogen and oxygen atoms in total. The number of hydrogen-bond donors (Lipinski definition) is 1. The average molecular weight is 641 g/mol. The highest BCUT2D eigenvalue weighted by Gasteiger charge is 2.74. The van der Waals surface area contributed by atoms with Crippen molar-refractivity contribution < 1.29 is 38.0 Å². The second-order valence-electron chi connectivity index (χ2n) is 13.3. The Morgan fingerprint density at radius 2 is 1.38 bits per heavy atom. The minimum Gasteiger partial charge on any atom is -0.500 e. The third kappa shape index (κ3) is 5.34. The molecule has 5 atom stereocenters. The van der Waals surface area contributed by atoms with Crippen molar-refractivity contribution in [1.82, 2.24) is 0 Å². The highest BCUT2D eigenvalue weighted by atomic mass is 28.4. The van der Waals surface area contributed by atoms with Crippen LogP contribution in [0, 0.1) is 11.3 Å². The first-order valence-electron chi connectivity index (χ1n) is 15.9. The van der Waals surface area contributed by atoms with E-state index >= 15 is 0 Å². The largest absolute Gasteiger partial charge is 0.500 e. The van der Waals surface area contributed by atoms with Gasteiger partial charge in [-0.1, -0.05) is 77.9 Å². The topological polar surface area (TPSA) is 92.7 Å². The van der Waals surface area contributed by atoms with Gasteiger partial charge in [0.25, 0.3) is 0 Å². The van der Waals surface area contributed by atoms with Crippen molar-refractivity contribution in [3.8, 4) is 11.5 Å². The van der Waals surface area contributed by atoms with Crippen LogP contribution in [-0.4, -0.2) is 66.6 Å². The molecule has 1 saturated carbocycles. The molecule has 0 amide bonds. The minimum atomic E-state index is -2.54. The van der Waals surface area contributed by atoms with Crippen LogP contribution in [0.4, 0.5) is 0 Å². The van der Waals surface area contributed by atoms with Gasteiger partial charge in [0.2, 0.25) is 8.32 Å². The Labute approximate surface area is 270 Å². The zero-order valence-corrected chi connectivity index (χ0v) is 29.7. The molecule has 4 rings (SSSR count). The Hall–Kier alpha value is -2.69. The first-order chi connectivity index (χ1) is 21.4. The maximum atomic E-state index is 14.6. The summed E-state index contributed by atoms with van der Waals surface area (Å²) in [6.07, 6.45) is -0.0803. The molecule has 0 heterocycles. The van der Waals surface area contributed by atoms with E-state index in [2.05, 4.69) is 41.5 Å². The fraction of sp³-hybridized carbons (Fsp3) is 0.583. The molecule has 1 N–H and O–H groups in total. The van der Waals surface area contributed by atoms with Crippen LogP contribution in [-0.2, 0) is 23.4 Å². The standard InChI is InChI=1S/C36H52O8Si/c1-22(2)45(23(3)4,24(5)6)44-30-21-35(34(38)25-15-13-12-14-16-25)31(37)20-29(41-9)33(36(35,42-10)43-11)32(30)26-17-18-27(39-7)28(19-26)40-8/h12-20,22-24,30,32-34,38H,21H2,1-11H3/t30-,32+,33-,34?,35-/m0/s1. The third-order valence-corrected chi connectivity index (χ3v) is 16.7. The molecule has 45 heavy (non-hydrogen) atoms. The fourth-order valence-corrected chi connectivity index (χ4v) is 14.4. The van der Waals surface area contributed by atoms with Crippen molar-refractivity contribution in [2.24, 2.45) is 11.3 Å². The Bertz CT molecular complexity index is 1330. The molecular weight excluding hydrogens is 588 g/mol. The van der Waals surface area contributed by atoms with E-state index < -0.39 is 43.6 Å². The molecule has 2 bridgehead atoms. The number of rotatable bonds is 13. The molecule has 0 spiro atoms. The lowest BCUT2D eigenvalue weighted by molar-refractivity contribution is -0.339. The van der Waals surface area contributed by atoms with Crippen LogP contribution >= 0.6 is 0 Å². The summed E-state index contributed by atoms with van der Waals surface area (Å²) < 4.78 is 37.8. The number of aliphatic hydroxyl groups excluding tert-OH is 1. The Morgan fingerprint density at radius 1 is 0.800 bits per heavy atom. The Morgan fingerprint density at radius 3 is 1.87 bits per heavy atom. The van der Waals surface area contributed by atoms with Crippen LogP contribution < -0.4 is 9.47 Å². The molecule has 0 saturated heterocycles. The van der Waals surface area contributed by atoms with Gasteiger partial charge in [-0.15, -0.1) is 0 Å². The van der Waals surface area contributed by atoms with E-state index in [1.807, 2.05) is 48.5 Å². The van der Waals surface area contributed by atoms with E-state index in [9.17, 15) is 9.90 Å². The van der Waals surface area contributed by atoms with Crippen LogP contribution in [0.15, 0.2) is 60.4 Å². The van der Waals surface area contributed by atoms with Gasteiger partial charge in [0.05, 0.1) is 39.5 Å². The van der Waals surface area contributed by atoms with Gasteiger partial charge in [-0.05, 0) is 46.3 Å². The first kappa shape index (κ1) is 35.2. The van der Waals surface area contributed by atoms with Gasteiger partial charge < -0.3 is 33.2 Å². The van der Waals surface area contributed by atoms with Gasteiger partial charge >= 0.3 is 0 Å². The lowest BCUT2D eigenvalue weighted by Crippen LogP contribution is -2.71. The Balaban J connectivity index is 2.11. The number of ketones is 1. The maximum absolute atomic E-state index is 14.6. The summed E-state index contributed by atoms with van der Waals surface area (Å²) in [5.74, 6) is -1.39. The number of allylic oxidation sites excluding steroid dienone is 1. The third-order valence-electron chi connectivity index (χ3n) is 10.6. The summed E-state index contributed by atoms with van der Waals surface area (Å²) in [5, 5.41) is 12.4. The number of methoxy groups -OCH3 is 5. The zero-order chi connectivity index (χ0) is 33.3. The van der Waals surface area contributed by atoms with E-state index in [1.54, 1.807) is 21.3 Å². The van der Waals surface area contributed by atoms with E-state index in [0.717, 1.165) is 5.56 Å². The maximum Gasteiger partial charge on any atom is 0.200 e. The quantitative estimate of drug-likeness (QED) is 0.182. The zero-order valence-electron chi connectivity index (χ0n) is 28.7. The Kier molecular flexibility index (Phi) is 10.6. The molecule has 248 valence electrons. The predicted octanol–water partition coefficient (Wildman–Crippen LogP) is 7.19. The van der Waals surface area contributed by atoms with Crippen LogP contribution in [0.2, 0.25) is 16.6 Å².